The van der Waals surface area contributed by atoms with E-state index in [-0.39, 0.29) is 23.6 Å². The van der Waals surface area contributed by atoms with Crippen LogP contribution in [0.5, 0.6) is 0 Å². The van der Waals surface area contributed by atoms with E-state index in [2.05, 4.69) is 15.5 Å². The van der Waals surface area contributed by atoms with Crippen LogP contribution in [0.1, 0.15) is 35.5 Å². The van der Waals surface area contributed by atoms with Gasteiger partial charge in [-0.15, -0.1) is 0 Å². The molecule has 1 atom stereocenters. The van der Waals surface area contributed by atoms with Crippen molar-refractivity contribution >= 4 is 17.3 Å². The Morgan fingerprint density at radius 1 is 0.914 bits per heavy atom. The summed E-state index contributed by atoms with van der Waals surface area (Å²) in [7, 11) is 0. The highest BCUT2D eigenvalue weighted by molar-refractivity contribution is 6.01. The Hall–Kier alpha value is -4.33. The molecule has 1 unspecified atom stereocenters. The van der Waals surface area contributed by atoms with E-state index in [0.717, 1.165) is 11.1 Å². The predicted molar refractivity (Wildman–Crippen MR) is 128 cm³/mol. The highest BCUT2D eigenvalue weighted by atomic mass is 19.1. The molecule has 0 aliphatic carbocycles. The Morgan fingerprint density at radius 2 is 1.69 bits per heavy atom. The number of hydrogen-bond acceptors (Lipinski definition) is 4. The molecule has 8 heteroatoms. The van der Waals surface area contributed by atoms with Crippen LogP contribution in [-0.2, 0) is 0 Å². The first kappa shape index (κ1) is 22.5. The third-order valence-electron chi connectivity index (χ3n) is 6.18. The second-order valence-electron chi connectivity index (χ2n) is 8.47. The summed E-state index contributed by atoms with van der Waals surface area (Å²) in [6.07, 6.45) is 0. The highest BCUT2D eigenvalue weighted by Crippen LogP contribution is 2.39. The van der Waals surface area contributed by atoms with Crippen molar-refractivity contribution in [2.45, 2.75) is 26.8 Å². The number of rotatable bonds is 4. The molecule has 176 valence electrons. The molecule has 1 aromatic heterocycles. The standard InChI is InChI=1S/C27H22F2N4O2/c1-15-7-12-22(13-16(15)2)33-17(3)23(24(30-27(33)34)18-8-10-20(28)11-9-18)26-31-25(32-35-26)19-5-4-6-21(29)14-19/h4-14,24H,1-3H3,(H,30,34). The Morgan fingerprint density at radius 3 is 2.40 bits per heavy atom. The maximum Gasteiger partial charge on any atom is 0.326 e. The van der Waals surface area contributed by atoms with Crippen molar-refractivity contribution in [1.82, 2.24) is 15.5 Å². The fraction of sp³-hybridized carbons (Fsp3) is 0.148. The van der Waals surface area contributed by atoms with Gasteiger partial charge in [-0.3, -0.25) is 4.90 Å². The summed E-state index contributed by atoms with van der Waals surface area (Å²) in [5.74, 6) is -0.419. The SMILES string of the molecule is CC1=C(c2nc(-c3cccc(F)c3)no2)C(c2ccc(F)cc2)NC(=O)N1c1ccc(C)c(C)c1. The van der Waals surface area contributed by atoms with Crippen molar-refractivity contribution in [3.05, 3.63) is 107 Å². The molecule has 1 aliphatic heterocycles. The maximum absolute atomic E-state index is 13.8. The minimum atomic E-state index is -0.660. The minimum Gasteiger partial charge on any atom is -0.334 e. The van der Waals surface area contributed by atoms with Crippen LogP contribution in [0.3, 0.4) is 0 Å². The summed E-state index contributed by atoms with van der Waals surface area (Å²) in [6.45, 7) is 5.78. The molecule has 0 spiro atoms. The number of amides is 2. The molecule has 5 rings (SSSR count). The van der Waals surface area contributed by atoms with Gasteiger partial charge in [-0.2, -0.15) is 4.98 Å². The third-order valence-corrected chi connectivity index (χ3v) is 6.18. The highest BCUT2D eigenvalue weighted by Gasteiger charge is 2.36. The Labute approximate surface area is 200 Å². The van der Waals surface area contributed by atoms with Gasteiger partial charge in [0.25, 0.3) is 5.89 Å². The molecule has 1 aliphatic rings. The zero-order valence-corrected chi connectivity index (χ0v) is 19.3. The molecule has 0 fully saturated rings. The maximum atomic E-state index is 13.8. The van der Waals surface area contributed by atoms with E-state index in [4.69, 9.17) is 4.52 Å². The zero-order chi connectivity index (χ0) is 24.7. The average Bonchev–Trinajstić information content (AvgIpc) is 3.31. The van der Waals surface area contributed by atoms with Gasteiger partial charge in [0.2, 0.25) is 5.82 Å². The molecular weight excluding hydrogens is 450 g/mol. The largest absolute Gasteiger partial charge is 0.334 e. The predicted octanol–water partition coefficient (Wildman–Crippen LogP) is 6.33. The van der Waals surface area contributed by atoms with Gasteiger partial charge in [-0.05, 0) is 73.9 Å². The smallest absolute Gasteiger partial charge is 0.326 e. The molecule has 0 saturated heterocycles. The molecule has 2 amide bonds. The second-order valence-corrected chi connectivity index (χ2v) is 8.47. The minimum absolute atomic E-state index is 0.171. The van der Waals surface area contributed by atoms with Crippen molar-refractivity contribution in [2.75, 3.05) is 4.90 Å². The van der Waals surface area contributed by atoms with Crippen molar-refractivity contribution in [3.63, 3.8) is 0 Å². The Bertz CT molecular complexity index is 1460. The fourth-order valence-electron chi connectivity index (χ4n) is 4.18. The summed E-state index contributed by atoms with van der Waals surface area (Å²) < 4.78 is 33.0. The zero-order valence-electron chi connectivity index (χ0n) is 19.3. The van der Waals surface area contributed by atoms with Gasteiger partial charge in [0.1, 0.15) is 11.6 Å². The number of aromatic nitrogens is 2. The van der Waals surface area contributed by atoms with Crippen LogP contribution in [0, 0.1) is 25.5 Å². The van der Waals surface area contributed by atoms with E-state index in [1.807, 2.05) is 32.0 Å². The number of allylic oxidation sites excluding steroid dienone is 1. The number of aryl methyl sites for hydroxylation is 2. The van der Waals surface area contributed by atoms with E-state index in [1.54, 1.807) is 36.1 Å². The first-order chi connectivity index (χ1) is 16.8. The van der Waals surface area contributed by atoms with Gasteiger partial charge in [0.05, 0.1) is 17.3 Å². The van der Waals surface area contributed by atoms with Crippen LogP contribution >= 0.6 is 0 Å². The summed E-state index contributed by atoms with van der Waals surface area (Å²) >= 11 is 0. The lowest BCUT2D eigenvalue weighted by atomic mass is 9.94. The number of carbonyl (C=O) groups excluding carboxylic acids is 1. The number of benzene rings is 3. The monoisotopic (exact) mass is 472 g/mol. The van der Waals surface area contributed by atoms with Crippen LogP contribution in [0.4, 0.5) is 19.3 Å². The normalized spacial score (nSPS) is 16.0. The quantitative estimate of drug-likeness (QED) is 0.377. The lowest BCUT2D eigenvalue weighted by Gasteiger charge is -2.35. The van der Waals surface area contributed by atoms with Crippen molar-refractivity contribution < 1.29 is 18.1 Å². The average molecular weight is 472 g/mol. The van der Waals surface area contributed by atoms with Crippen molar-refractivity contribution in [2.24, 2.45) is 0 Å². The molecule has 2 heterocycles. The summed E-state index contributed by atoms with van der Waals surface area (Å²) in [6, 6.07) is 16.5. The first-order valence-electron chi connectivity index (χ1n) is 11.1. The molecule has 1 N–H and O–H groups in total. The molecule has 0 saturated carbocycles. The summed E-state index contributed by atoms with van der Waals surface area (Å²) in [5.41, 5.74) is 5.08. The van der Waals surface area contributed by atoms with Gasteiger partial charge in [-0.1, -0.05) is 35.5 Å². The Kier molecular flexibility index (Phi) is 5.64. The van der Waals surface area contributed by atoms with Gasteiger partial charge >= 0.3 is 6.03 Å². The number of halogens is 2. The topological polar surface area (TPSA) is 71.3 Å². The number of carbonyl (C=O) groups is 1. The van der Waals surface area contributed by atoms with Gasteiger partial charge < -0.3 is 9.84 Å². The number of hydrogen-bond donors (Lipinski definition) is 1. The number of urea groups is 1. The van der Waals surface area contributed by atoms with Crippen molar-refractivity contribution in [3.8, 4) is 11.4 Å². The lowest BCUT2D eigenvalue weighted by Crippen LogP contribution is -2.46. The van der Waals surface area contributed by atoms with Crippen LogP contribution in [0.15, 0.2) is 77.0 Å². The molecule has 6 nitrogen and oxygen atoms in total. The number of anilines is 1. The van der Waals surface area contributed by atoms with E-state index in [0.29, 0.717) is 28.1 Å². The number of nitrogens with one attached hydrogen (secondary N) is 1. The first-order valence-corrected chi connectivity index (χ1v) is 11.1. The molecule has 35 heavy (non-hydrogen) atoms. The summed E-state index contributed by atoms with van der Waals surface area (Å²) in [5, 5.41) is 7.03. The van der Waals surface area contributed by atoms with Gasteiger partial charge in [0, 0.05) is 11.3 Å². The van der Waals surface area contributed by atoms with Crippen LogP contribution in [-0.4, -0.2) is 16.2 Å². The van der Waals surface area contributed by atoms with Gasteiger partial charge in [0.15, 0.2) is 0 Å². The van der Waals surface area contributed by atoms with Crippen LogP contribution < -0.4 is 10.2 Å². The Balaban J connectivity index is 1.66. The third kappa shape index (κ3) is 4.19. The molecule has 0 radical (unpaired) electrons. The molecular formula is C27H22F2N4O2. The number of nitrogens with zero attached hydrogens (tertiary/aromatic N) is 3. The fourth-order valence-corrected chi connectivity index (χ4v) is 4.18. The van der Waals surface area contributed by atoms with Crippen molar-refractivity contribution in [1.29, 1.82) is 0 Å². The molecule has 3 aromatic carbocycles. The van der Waals surface area contributed by atoms with Crippen LogP contribution in [0.25, 0.3) is 17.0 Å². The second kappa shape index (κ2) is 8.79. The summed E-state index contributed by atoms with van der Waals surface area (Å²) in [4.78, 5) is 19.4. The van der Waals surface area contributed by atoms with E-state index < -0.39 is 11.9 Å². The van der Waals surface area contributed by atoms with E-state index in [1.165, 1.54) is 24.3 Å². The van der Waals surface area contributed by atoms with E-state index in [9.17, 15) is 13.6 Å². The van der Waals surface area contributed by atoms with Crippen LogP contribution in [0.2, 0.25) is 0 Å². The van der Waals surface area contributed by atoms with Gasteiger partial charge in [-0.25, -0.2) is 13.6 Å². The molecule has 0 bridgehead atoms. The lowest BCUT2D eigenvalue weighted by molar-refractivity contribution is 0.244. The van der Waals surface area contributed by atoms with E-state index >= 15 is 0 Å². The molecule has 4 aromatic rings.